The summed E-state index contributed by atoms with van der Waals surface area (Å²) in [6.45, 7) is 5.91. The van der Waals surface area contributed by atoms with Gasteiger partial charge < -0.3 is 10.1 Å². The van der Waals surface area contributed by atoms with Crippen LogP contribution in [0.25, 0.3) is 0 Å². The van der Waals surface area contributed by atoms with Crippen LogP contribution in [0.3, 0.4) is 0 Å². The summed E-state index contributed by atoms with van der Waals surface area (Å²) in [4.78, 5) is 25.3. The fraction of sp³-hybridized carbons (Fsp3) is 0.400. The minimum atomic E-state index is -0.534. The van der Waals surface area contributed by atoms with Crippen LogP contribution >= 0.6 is 0 Å². The molecule has 1 aromatic rings. The number of Topliss-reactive ketones (excluding diaryl/α,β-unsaturated/α-hetero) is 1. The molecule has 0 aromatic heterocycles. The van der Waals surface area contributed by atoms with Crippen LogP contribution in [-0.2, 0) is 14.3 Å². The van der Waals surface area contributed by atoms with Crippen molar-refractivity contribution in [3.63, 3.8) is 0 Å². The third-order valence-corrected chi connectivity index (χ3v) is 4.85. The topological polar surface area (TPSA) is 55.4 Å². The van der Waals surface area contributed by atoms with Gasteiger partial charge in [0.2, 0.25) is 0 Å². The molecule has 5 heteroatoms. The Morgan fingerprint density at radius 3 is 2.48 bits per heavy atom. The number of hydrogen-bond acceptors (Lipinski definition) is 4. The Hall–Kier alpha value is -2.43. The molecular weight excluding hydrogens is 321 g/mol. The maximum Gasteiger partial charge on any atom is 0.336 e. The highest BCUT2D eigenvalue weighted by Crippen LogP contribution is 2.46. The van der Waals surface area contributed by atoms with Crippen molar-refractivity contribution >= 4 is 11.8 Å². The lowest BCUT2D eigenvalue weighted by atomic mass is 9.68. The molecule has 0 bridgehead atoms. The lowest BCUT2D eigenvalue weighted by Crippen LogP contribution is -2.38. The van der Waals surface area contributed by atoms with Gasteiger partial charge in [0.1, 0.15) is 5.82 Å². The average Bonchev–Trinajstić information content (AvgIpc) is 2.52. The predicted molar refractivity (Wildman–Crippen MR) is 92.0 cm³/mol. The van der Waals surface area contributed by atoms with Gasteiger partial charge >= 0.3 is 5.97 Å². The van der Waals surface area contributed by atoms with E-state index in [1.165, 1.54) is 19.2 Å². The van der Waals surface area contributed by atoms with Gasteiger partial charge in [-0.2, -0.15) is 0 Å². The molecule has 132 valence electrons. The summed E-state index contributed by atoms with van der Waals surface area (Å²) in [6, 6.07) is 5.94. The SMILES string of the molecule is COC(=O)C1=C(C)NC2=C(C(=O)CC(C)(C)C2)[C@@H]1c1ccc(F)cc1. The molecule has 1 aromatic carbocycles. The van der Waals surface area contributed by atoms with Crippen LogP contribution in [-0.4, -0.2) is 18.9 Å². The first-order chi connectivity index (χ1) is 11.7. The molecule has 0 unspecified atom stereocenters. The van der Waals surface area contributed by atoms with Gasteiger partial charge in [-0.25, -0.2) is 9.18 Å². The van der Waals surface area contributed by atoms with E-state index in [1.807, 2.05) is 0 Å². The normalized spacial score (nSPS) is 22.4. The summed E-state index contributed by atoms with van der Waals surface area (Å²) < 4.78 is 18.3. The van der Waals surface area contributed by atoms with Gasteiger partial charge in [0.25, 0.3) is 0 Å². The van der Waals surface area contributed by atoms with Gasteiger partial charge in [-0.05, 0) is 36.5 Å². The van der Waals surface area contributed by atoms with Crippen LogP contribution in [0.15, 0.2) is 46.8 Å². The molecule has 4 nitrogen and oxygen atoms in total. The molecule has 0 saturated carbocycles. The van der Waals surface area contributed by atoms with Crippen LogP contribution in [0.2, 0.25) is 0 Å². The van der Waals surface area contributed by atoms with E-state index in [0.717, 1.165) is 12.1 Å². The van der Waals surface area contributed by atoms with E-state index >= 15 is 0 Å². The quantitative estimate of drug-likeness (QED) is 0.834. The Morgan fingerprint density at radius 1 is 1.24 bits per heavy atom. The van der Waals surface area contributed by atoms with Crippen LogP contribution in [0.5, 0.6) is 0 Å². The highest BCUT2D eigenvalue weighted by Gasteiger charge is 2.42. The van der Waals surface area contributed by atoms with Crippen LogP contribution in [0, 0.1) is 11.2 Å². The Balaban J connectivity index is 2.19. The van der Waals surface area contributed by atoms with Gasteiger partial charge in [0.15, 0.2) is 5.78 Å². The molecule has 0 saturated heterocycles. The second-order valence-corrected chi connectivity index (χ2v) is 7.47. The van der Waals surface area contributed by atoms with Crippen molar-refractivity contribution < 1.29 is 18.7 Å². The second kappa shape index (κ2) is 6.14. The first kappa shape index (κ1) is 17.4. The average molecular weight is 343 g/mol. The van der Waals surface area contributed by atoms with E-state index in [4.69, 9.17) is 4.74 Å². The Labute approximate surface area is 146 Å². The smallest absolute Gasteiger partial charge is 0.336 e. The fourth-order valence-corrected chi connectivity index (χ4v) is 3.81. The largest absolute Gasteiger partial charge is 0.466 e. The fourth-order valence-electron chi connectivity index (χ4n) is 3.81. The van der Waals surface area contributed by atoms with Crippen molar-refractivity contribution in [1.29, 1.82) is 0 Å². The molecule has 0 radical (unpaired) electrons. The van der Waals surface area contributed by atoms with Crippen molar-refractivity contribution in [2.75, 3.05) is 7.11 Å². The second-order valence-electron chi connectivity index (χ2n) is 7.47. The number of dihydropyridines is 1. The number of nitrogens with one attached hydrogen (secondary N) is 1. The molecular formula is C20H22FNO3. The maximum absolute atomic E-state index is 13.4. The van der Waals surface area contributed by atoms with Crippen LogP contribution in [0.4, 0.5) is 4.39 Å². The number of allylic oxidation sites excluding steroid dienone is 3. The van der Waals surface area contributed by atoms with Crippen molar-refractivity contribution in [2.45, 2.75) is 39.5 Å². The summed E-state index contributed by atoms with van der Waals surface area (Å²) >= 11 is 0. The van der Waals surface area contributed by atoms with Crippen molar-refractivity contribution in [1.82, 2.24) is 5.32 Å². The minimum Gasteiger partial charge on any atom is -0.466 e. The number of rotatable bonds is 2. The van der Waals surface area contributed by atoms with Gasteiger partial charge in [-0.3, -0.25) is 4.79 Å². The molecule has 0 fully saturated rings. The lowest BCUT2D eigenvalue weighted by molar-refractivity contribution is -0.136. The highest BCUT2D eigenvalue weighted by molar-refractivity contribution is 6.04. The lowest BCUT2D eigenvalue weighted by Gasteiger charge is -2.39. The number of benzene rings is 1. The molecule has 25 heavy (non-hydrogen) atoms. The molecule has 1 aliphatic heterocycles. The summed E-state index contributed by atoms with van der Waals surface area (Å²) in [6.07, 6.45) is 1.14. The first-order valence-electron chi connectivity index (χ1n) is 8.31. The number of carbonyl (C=O) groups is 2. The third-order valence-electron chi connectivity index (χ3n) is 4.85. The number of carbonyl (C=O) groups excluding carboxylic acids is 2. The first-order valence-corrected chi connectivity index (χ1v) is 8.31. The van der Waals surface area contributed by atoms with E-state index in [1.54, 1.807) is 19.1 Å². The molecule has 0 amide bonds. The van der Waals surface area contributed by atoms with Crippen molar-refractivity contribution in [3.8, 4) is 0 Å². The van der Waals surface area contributed by atoms with E-state index < -0.39 is 11.9 Å². The van der Waals surface area contributed by atoms with Gasteiger partial charge in [-0.15, -0.1) is 0 Å². The van der Waals surface area contributed by atoms with Gasteiger partial charge in [0.05, 0.1) is 12.7 Å². The molecule has 1 aliphatic carbocycles. The van der Waals surface area contributed by atoms with Gasteiger partial charge in [0, 0.05) is 29.3 Å². The van der Waals surface area contributed by atoms with Crippen LogP contribution < -0.4 is 5.32 Å². The Morgan fingerprint density at radius 2 is 1.88 bits per heavy atom. The number of hydrogen-bond donors (Lipinski definition) is 1. The molecule has 1 atom stereocenters. The molecule has 3 rings (SSSR count). The number of esters is 1. The van der Waals surface area contributed by atoms with Crippen molar-refractivity contribution in [2.24, 2.45) is 5.41 Å². The van der Waals surface area contributed by atoms with E-state index in [0.29, 0.717) is 28.8 Å². The van der Waals surface area contributed by atoms with Gasteiger partial charge in [-0.1, -0.05) is 26.0 Å². The predicted octanol–water partition coefficient (Wildman–Crippen LogP) is 3.60. The molecule has 2 aliphatic rings. The molecule has 0 spiro atoms. The minimum absolute atomic E-state index is 0.0157. The summed E-state index contributed by atoms with van der Waals surface area (Å²) in [5.41, 5.74) is 3.09. The van der Waals surface area contributed by atoms with E-state index in [2.05, 4.69) is 19.2 Å². The maximum atomic E-state index is 13.4. The molecule has 1 heterocycles. The monoisotopic (exact) mass is 343 g/mol. The summed E-state index contributed by atoms with van der Waals surface area (Å²) in [7, 11) is 1.32. The zero-order valence-corrected chi connectivity index (χ0v) is 14.9. The highest BCUT2D eigenvalue weighted by atomic mass is 19.1. The van der Waals surface area contributed by atoms with E-state index in [9.17, 15) is 14.0 Å². The third kappa shape index (κ3) is 3.11. The summed E-state index contributed by atoms with van der Waals surface area (Å²) in [5.74, 6) is -1.36. The number of ketones is 1. The number of methoxy groups -OCH3 is 1. The number of ether oxygens (including phenoxy) is 1. The summed E-state index contributed by atoms with van der Waals surface area (Å²) in [5, 5.41) is 3.24. The standard InChI is InChI=1S/C20H22FNO3/c1-11-16(19(24)25-4)17(12-5-7-13(21)8-6-12)18-14(22-11)9-20(2,3)10-15(18)23/h5-8,17,22H,9-10H2,1-4H3/t17-/m1/s1. The number of halogens is 1. The Kier molecular flexibility index (Phi) is 4.27. The Bertz CT molecular complexity index is 803. The molecule has 1 N–H and O–H groups in total. The van der Waals surface area contributed by atoms with Crippen LogP contribution in [0.1, 0.15) is 45.1 Å². The zero-order chi connectivity index (χ0) is 18.4. The zero-order valence-electron chi connectivity index (χ0n) is 14.9. The van der Waals surface area contributed by atoms with E-state index in [-0.39, 0.29) is 17.0 Å². The van der Waals surface area contributed by atoms with Crippen molar-refractivity contribution in [3.05, 3.63) is 58.2 Å².